The maximum atomic E-state index is 12.4. The van der Waals surface area contributed by atoms with Crippen LogP contribution in [0, 0.1) is 6.92 Å². The maximum absolute atomic E-state index is 12.4. The molecule has 154 valence electrons. The van der Waals surface area contributed by atoms with E-state index in [-0.39, 0.29) is 24.9 Å². The lowest BCUT2D eigenvalue weighted by Crippen LogP contribution is -2.40. The van der Waals surface area contributed by atoms with Gasteiger partial charge in [-0.25, -0.2) is 0 Å². The van der Waals surface area contributed by atoms with Crippen molar-refractivity contribution in [3.05, 3.63) is 53.6 Å². The molecule has 1 aliphatic heterocycles. The molecular weight excluding hydrogens is 370 g/mol. The predicted octanol–water partition coefficient (Wildman–Crippen LogP) is 2.34. The number of aryl methyl sites for hydroxylation is 1. The minimum absolute atomic E-state index is 0.109. The van der Waals surface area contributed by atoms with E-state index >= 15 is 0 Å². The van der Waals surface area contributed by atoms with Crippen LogP contribution in [0.1, 0.15) is 18.1 Å². The molecule has 0 bridgehead atoms. The Morgan fingerprint density at radius 3 is 2.48 bits per heavy atom. The molecule has 0 saturated carbocycles. The van der Waals surface area contributed by atoms with E-state index in [1.54, 1.807) is 23.1 Å². The van der Waals surface area contributed by atoms with Gasteiger partial charge in [0.2, 0.25) is 11.8 Å². The van der Waals surface area contributed by atoms with Crippen LogP contribution in [0.15, 0.2) is 42.5 Å². The Bertz CT molecular complexity index is 869. The smallest absolute Gasteiger partial charge is 0.238 e. The number of carbonyl (C=O) groups is 2. The number of hydrogen-bond donors (Lipinski definition) is 2. The molecule has 0 radical (unpaired) electrons. The molecule has 0 atom stereocenters. The second-order valence-corrected chi connectivity index (χ2v) is 6.91. The molecule has 0 fully saturated rings. The molecule has 0 aliphatic carbocycles. The fraction of sp³-hybridized carbons (Fsp3) is 0.364. The zero-order valence-electron chi connectivity index (χ0n) is 16.9. The lowest BCUT2D eigenvalue weighted by molar-refractivity contribution is -0.123. The van der Waals surface area contributed by atoms with Gasteiger partial charge in [0.25, 0.3) is 0 Å². The Morgan fingerprint density at radius 2 is 1.72 bits per heavy atom. The van der Waals surface area contributed by atoms with Crippen LogP contribution >= 0.6 is 0 Å². The number of rotatable bonds is 8. The van der Waals surface area contributed by atoms with Crippen molar-refractivity contribution in [1.82, 2.24) is 10.2 Å². The van der Waals surface area contributed by atoms with Crippen LogP contribution in [0.3, 0.4) is 0 Å². The van der Waals surface area contributed by atoms with Gasteiger partial charge in [-0.05, 0) is 36.7 Å². The van der Waals surface area contributed by atoms with Gasteiger partial charge in [0.05, 0.1) is 13.1 Å². The highest BCUT2D eigenvalue weighted by molar-refractivity contribution is 5.93. The Labute approximate surface area is 171 Å². The number of benzene rings is 2. The van der Waals surface area contributed by atoms with Crippen LogP contribution in [0.5, 0.6) is 11.5 Å². The quantitative estimate of drug-likeness (QED) is 0.715. The Balaban J connectivity index is 1.48. The summed E-state index contributed by atoms with van der Waals surface area (Å²) in [5, 5.41) is 5.77. The highest BCUT2D eigenvalue weighted by atomic mass is 16.6. The lowest BCUT2D eigenvalue weighted by Gasteiger charge is -2.21. The van der Waals surface area contributed by atoms with E-state index in [4.69, 9.17) is 9.47 Å². The number of fused-ring (bicyclic) bond motifs is 1. The van der Waals surface area contributed by atoms with Crippen LogP contribution in [0.25, 0.3) is 0 Å². The molecule has 0 aromatic heterocycles. The summed E-state index contributed by atoms with van der Waals surface area (Å²) < 4.78 is 11.0. The summed E-state index contributed by atoms with van der Waals surface area (Å²) >= 11 is 0. The number of carbonyl (C=O) groups excluding carboxylic acids is 2. The first-order valence-corrected chi connectivity index (χ1v) is 9.78. The monoisotopic (exact) mass is 397 g/mol. The number of amides is 2. The molecule has 29 heavy (non-hydrogen) atoms. The fourth-order valence-corrected chi connectivity index (χ4v) is 3.07. The SMILES string of the molecule is CCN(CC(=O)NCc1ccccc1C)CC(=O)Nc1ccc2c(c1)OCCO2. The number of hydrogen-bond acceptors (Lipinski definition) is 5. The van der Waals surface area contributed by atoms with Gasteiger partial charge in [-0.15, -0.1) is 0 Å². The lowest BCUT2D eigenvalue weighted by atomic mass is 10.1. The van der Waals surface area contributed by atoms with E-state index in [0.717, 1.165) is 11.1 Å². The molecule has 2 aromatic carbocycles. The zero-order valence-corrected chi connectivity index (χ0v) is 16.9. The van der Waals surface area contributed by atoms with E-state index in [9.17, 15) is 9.59 Å². The van der Waals surface area contributed by atoms with Gasteiger partial charge >= 0.3 is 0 Å². The van der Waals surface area contributed by atoms with E-state index in [1.807, 2.05) is 38.1 Å². The molecule has 7 nitrogen and oxygen atoms in total. The van der Waals surface area contributed by atoms with Crippen LogP contribution in [-0.2, 0) is 16.1 Å². The molecule has 1 aliphatic rings. The van der Waals surface area contributed by atoms with Crippen LogP contribution in [-0.4, -0.2) is 49.6 Å². The van der Waals surface area contributed by atoms with Crippen LogP contribution < -0.4 is 20.1 Å². The summed E-state index contributed by atoms with van der Waals surface area (Å²) in [6.45, 7) is 6.31. The van der Waals surface area contributed by atoms with Gasteiger partial charge in [0.15, 0.2) is 11.5 Å². The third-order valence-electron chi connectivity index (χ3n) is 4.74. The molecule has 2 amide bonds. The van der Waals surface area contributed by atoms with Crippen LogP contribution in [0.2, 0.25) is 0 Å². The maximum Gasteiger partial charge on any atom is 0.238 e. The van der Waals surface area contributed by atoms with Gasteiger partial charge in [0, 0.05) is 18.3 Å². The average molecular weight is 397 g/mol. The van der Waals surface area contributed by atoms with Crippen molar-refractivity contribution in [3.63, 3.8) is 0 Å². The van der Waals surface area contributed by atoms with E-state index < -0.39 is 0 Å². The van der Waals surface area contributed by atoms with Gasteiger partial charge in [-0.2, -0.15) is 0 Å². The minimum atomic E-state index is -0.185. The summed E-state index contributed by atoms with van der Waals surface area (Å²) in [7, 11) is 0. The van der Waals surface area contributed by atoms with Crippen molar-refractivity contribution in [2.75, 3.05) is 38.2 Å². The first-order valence-electron chi connectivity index (χ1n) is 9.78. The van der Waals surface area contributed by atoms with Crippen molar-refractivity contribution in [2.24, 2.45) is 0 Å². The third kappa shape index (κ3) is 5.96. The number of nitrogens with zero attached hydrogens (tertiary/aromatic N) is 1. The second-order valence-electron chi connectivity index (χ2n) is 6.91. The number of ether oxygens (including phenoxy) is 2. The molecule has 2 aromatic rings. The van der Waals surface area contributed by atoms with Gasteiger partial charge in [0.1, 0.15) is 13.2 Å². The predicted molar refractivity (Wildman–Crippen MR) is 111 cm³/mol. The highest BCUT2D eigenvalue weighted by Gasteiger charge is 2.16. The third-order valence-corrected chi connectivity index (χ3v) is 4.74. The van der Waals surface area contributed by atoms with Crippen molar-refractivity contribution in [3.8, 4) is 11.5 Å². The average Bonchev–Trinajstić information content (AvgIpc) is 2.72. The van der Waals surface area contributed by atoms with Crippen molar-refractivity contribution < 1.29 is 19.1 Å². The molecule has 0 saturated heterocycles. The first-order chi connectivity index (χ1) is 14.0. The molecule has 0 unspecified atom stereocenters. The number of likely N-dealkylation sites (N-methyl/N-ethyl adjacent to an activating group) is 1. The summed E-state index contributed by atoms with van der Waals surface area (Å²) in [5.74, 6) is 1.00. The molecular formula is C22H27N3O4. The Hall–Kier alpha value is -3.06. The molecule has 2 N–H and O–H groups in total. The molecule has 1 heterocycles. The van der Waals surface area contributed by atoms with Crippen molar-refractivity contribution in [1.29, 1.82) is 0 Å². The second kappa shape index (κ2) is 9.93. The molecule has 3 rings (SSSR count). The van der Waals surface area contributed by atoms with Crippen LogP contribution in [0.4, 0.5) is 5.69 Å². The van der Waals surface area contributed by atoms with E-state index in [1.165, 1.54) is 0 Å². The Kier molecular flexibility index (Phi) is 7.08. The summed E-state index contributed by atoms with van der Waals surface area (Å²) in [6, 6.07) is 13.2. The molecule has 7 heteroatoms. The van der Waals surface area contributed by atoms with E-state index in [2.05, 4.69) is 10.6 Å². The Morgan fingerprint density at radius 1 is 1.00 bits per heavy atom. The standard InChI is InChI=1S/C22H27N3O4/c1-3-25(14-21(26)23-13-17-7-5-4-6-16(17)2)15-22(27)24-18-8-9-19-20(12-18)29-11-10-28-19/h4-9,12H,3,10-11,13-15H2,1-2H3,(H,23,26)(H,24,27). The number of nitrogens with one attached hydrogen (secondary N) is 2. The summed E-state index contributed by atoms with van der Waals surface area (Å²) in [6.07, 6.45) is 0. The highest BCUT2D eigenvalue weighted by Crippen LogP contribution is 2.32. The van der Waals surface area contributed by atoms with Crippen molar-refractivity contribution >= 4 is 17.5 Å². The van der Waals surface area contributed by atoms with Gasteiger partial charge in [-0.1, -0.05) is 31.2 Å². The fourth-order valence-electron chi connectivity index (χ4n) is 3.07. The first kappa shape index (κ1) is 20.7. The minimum Gasteiger partial charge on any atom is -0.486 e. The van der Waals surface area contributed by atoms with Crippen molar-refractivity contribution in [2.45, 2.75) is 20.4 Å². The van der Waals surface area contributed by atoms with Gasteiger partial charge in [-0.3, -0.25) is 14.5 Å². The normalized spacial score (nSPS) is 12.5. The summed E-state index contributed by atoms with van der Waals surface area (Å²) in [5.41, 5.74) is 2.86. The summed E-state index contributed by atoms with van der Waals surface area (Å²) in [4.78, 5) is 26.5. The zero-order chi connectivity index (χ0) is 20.6. The van der Waals surface area contributed by atoms with E-state index in [0.29, 0.717) is 43.5 Å². The molecule has 0 spiro atoms. The van der Waals surface area contributed by atoms with Gasteiger partial charge < -0.3 is 20.1 Å². The number of anilines is 1. The topological polar surface area (TPSA) is 79.9 Å². The largest absolute Gasteiger partial charge is 0.486 e.